The van der Waals surface area contributed by atoms with E-state index in [0.29, 0.717) is 17.3 Å². The number of nitrogens with zero attached hydrogens (tertiary/aromatic N) is 1. The molecule has 0 saturated heterocycles. The molecule has 4 nitrogen and oxygen atoms in total. The van der Waals surface area contributed by atoms with E-state index in [1.165, 1.54) is 17.4 Å². The zero-order chi connectivity index (χ0) is 15.8. The van der Waals surface area contributed by atoms with Gasteiger partial charge in [-0.25, -0.2) is 4.79 Å². The third-order valence-corrected chi connectivity index (χ3v) is 4.57. The molecule has 1 aromatic rings. The van der Waals surface area contributed by atoms with Gasteiger partial charge in [-0.1, -0.05) is 26.7 Å². The zero-order valence-electron chi connectivity index (χ0n) is 12.8. The largest absolute Gasteiger partial charge is 0.478 e. The highest BCUT2D eigenvalue weighted by molar-refractivity contribution is 7.14. The minimum atomic E-state index is -0.986. The fraction of sp³-hybridized carbons (Fsp3) is 0.500. The molecular formula is C16H23NO3S. The van der Waals surface area contributed by atoms with Crippen molar-refractivity contribution in [2.24, 2.45) is 5.92 Å². The van der Waals surface area contributed by atoms with Crippen molar-refractivity contribution in [2.75, 3.05) is 13.1 Å². The van der Waals surface area contributed by atoms with Crippen LogP contribution < -0.4 is 0 Å². The van der Waals surface area contributed by atoms with E-state index < -0.39 is 5.97 Å². The van der Waals surface area contributed by atoms with Gasteiger partial charge in [0.05, 0.1) is 4.88 Å². The van der Waals surface area contributed by atoms with Crippen molar-refractivity contribution in [1.82, 2.24) is 4.90 Å². The molecule has 1 heterocycles. The fourth-order valence-corrected chi connectivity index (χ4v) is 2.96. The van der Waals surface area contributed by atoms with Crippen LogP contribution >= 0.6 is 11.3 Å². The molecule has 1 rings (SSSR count). The molecule has 0 aliphatic heterocycles. The average molecular weight is 309 g/mol. The molecule has 0 fully saturated rings. The van der Waals surface area contributed by atoms with Crippen molar-refractivity contribution in [3.05, 3.63) is 28.0 Å². The van der Waals surface area contributed by atoms with Crippen LogP contribution in [0, 0.1) is 5.92 Å². The number of rotatable bonds is 8. The van der Waals surface area contributed by atoms with Crippen LogP contribution in [-0.4, -0.2) is 35.0 Å². The van der Waals surface area contributed by atoms with Crippen LogP contribution in [0.25, 0.3) is 6.08 Å². The molecule has 0 aromatic carbocycles. The first-order valence-corrected chi connectivity index (χ1v) is 8.13. The summed E-state index contributed by atoms with van der Waals surface area (Å²) in [6.45, 7) is 7.74. The summed E-state index contributed by atoms with van der Waals surface area (Å²) in [5, 5.41) is 8.61. The van der Waals surface area contributed by atoms with Gasteiger partial charge >= 0.3 is 5.97 Å². The van der Waals surface area contributed by atoms with E-state index in [1.54, 1.807) is 12.1 Å². The maximum atomic E-state index is 12.5. The summed E-state index contributed by atoms with van der Waals surface area (Å²) in [5.74, 6) is -0.426. The molecule has 5 heteroatoms. The highest BCUT2D eigenvalue weighted by Crippen LogP contribution is 2.21. The predicted octanol–water partition coefficient (Wildman–Crippen LogP) is 3.74. The van der Waals surface area contributed by atoms with Gasteiger partial charge in [0.1, 0.15) is 0 Å². The maximum absolute atomic E-state index is 12.5. The van der Waals surface area contributed by atoms with Gasteiger partial charge in [-0.15, -0.1) is 11.3 Å². The number of hydrogen-bond donors (Lipinski definition) is 1. The van der Waals surface area contributed by atoms with Crippen LogP contribution in [0.2, 0.25) is 0 Å². The first-order chi connectivity index (χ1) is 10.0. The van der Waals surface area contributed by atoms with E-state index in [4.69, 9.17) is 5.11 Å². The van der Waals surface area contributed by atoms with Crippen LogP contribution in [0.5, 0.6) is 0 Å². The SMILES string of the molecule is CCC(CC)CN(CC)C(=O)c1ccc(C=CC(=O)O)s1. The van der Waals surface area contributed by atoms with Gasteiger partial charge in [-0.3, -0.25) is 4.79 Å². The standard InChI is InChI=1S/C16H23NO3S/c1-4-12(5-2)11-17(6-3)16(20)14-9-7-13(21-14)8-10-15(18)19/h7-10,12H,4-6,11H2,1-3H3,(H,18,19). The molecular weight excluding hydrogens is 286 g/mol. The summed E-state index contributed by atoms with van der Waals surface area (Å²) in [6, 6.07) is 3.55. The number of carboxylic acids is 1. The quantitative estimate of drug-likeness (QED) is 0.744. The number of carbonyl (C=O) groups excluding carboxylic acids is 1. The Morgan fingerprint density at radius 2 is 1.95 bits per heavy atom. The number of carboxylic acid groups (broad SMARTS) is 1. The van der Waals surface area contributed by atoms with Gasteiger partial charge in [0.2, 0.25) is 0 Å². The van der Waals surface area contributed by atoms with Gasteiger partial charge in [-0.05, 0) is 31.1 Å². The molecule has 0 bridgehead atoms. The number of aliphatic carboxylic acids is 1. The van der Waals surface area contributed by atoms with E-state index in [2.05, 4.69) is 13.8 Å². The number of carbonyl (C=O) groups is 2. The van der Waals surface area contributed by atoms with Crippen molar-refractivity contribution in [2.45, 2.75) is 33.6 Å². The third kappa shape index (κ3) is 5.34. The van der Waals surface area contributed by atoms with E-state index in [0.717, 1.165) is 30.3 Å². The summed E-state index contributed by atoms with van der Waals surface area (Å²) < 4.78 is 0. The van der Waals surface area contributed by atoms with Crippen molar-refractivity contribution >= 4 is 29.3 Å². The number of amides is 1. The molecule has 0 atom stereocenters. The Hall–Kier alpha value is -1.62. The molecule has 116 valence electrons. The van der Waals surface area contributed by atoms with E-state index in [1.807, 2.05) is 11.8 Å². The van der Waals surface area contributed by atoms with Crippen LogP contribution in [0.1, 0.15) is 48.2 Å². The molecule has 0 aliphatic carbocycles. The van der Waals surface area contributed by atoms with Crippen LogP contribution in [0.3, 0.4) is 0 Å². The molecule has 1 N–H and O–H groups in total. The molecule has 0 radical (unpaired) electrons. The van der Waals surface area contributed by atoms with Crippen molar-refractivity contribution < 1.29 is 14.7 Å². The zero-order valence-corrected chi connectivity index (χ0v) is 13.7. The highest BCUT2D eigenvalue weighted by Gasteiger charge is 2.18. The van der Waals surface area contributed by atoms with E-state index >= 15 is 0 Å². The lowest BCUT2D eigenvalue weighted by Crippen LogP contribution is -2.34. The topological polar surface area (TPSA) is 57.6 Å². The first-order valence-electron chi connectivity index (χ1n) is 7.31. The number of thiophene rings is 1. The van der Waals surface area contributed by atoms with Crippen molar-refractivity contribution in [3.63, 3.8) is 0 Å². The van der Waals surface area contributed by atoms with E-state index in [9.17, 15) is 9.59 Å². The fourth-order valence-electron chi connectivity index (χ4n) is 2.08. The highest BCUT2D eigenvalue weighted by atomic mass is 32.1. The van der Waals surface area contributed by atoms with Gasteiger partial charge < -0.3 is 10.0 Å². The Bertz CT molecular complexity index is 503. The predicted molar refractivity (Wildman–Crippen MR) is 86.6 cm³/mol. The monoisotopic (exact) mass is 309 g/mol. The Kier molecular flexibility index (Phi) is 7.15. The second-order valence-electron chi connectivity index (χ2n) is 4.90. The number of hydrogen-bond acceptors (Lipinski definition) is 3. The summed E-state index contributed by atoms with van der Waals surface area (Å²) in [5.41, 5.74) is 0. The van der Waals surface area contributed by atoms with E-state index in [-0.39, 0.29) is 5.91 Å². The molecule has 1 amide bonds. The van der Waals surface area contributed by atoms with Gasteiger partial charge in [0.15, 0.2) is 0 Å². The summed E-state index contributed by atoms with van der Waals surface area (Å²) in [6.07, 6.45) is 4.73. The van der Waals surface area contributed by atoms with Crippen molar-refractivity contribution in [3.8, 4) is 0 Å². The Labute approximate surface area is 130 Å². The Balaban J connectivity index is 2.78. The summed E-state index contributed by atoms with van der Waals surface area (Å²) >= 11 is 1.33. The second-order valence-corrected chi connectivity index (χ2v) is 6.02. The average Bonchev–Trinajstić information content (AvgIpc) is 2.95. The summed E-state index contributed by atoms with van der Waals surface area (Å²) in [7, 11) is 0. The van der Waals surface area contributed by atoms with Gasteiger partial charge in [-0.2, -0.15) is 0 Å². The normalized spacial score (nSPS) is 11.2. The molecule has 0 spiro atoms. The lowest BCUT2D eigenvalue weighted by Gasteiger charge is -2.25. The lowest BCUT2D eigenvalue weighted by atomic mass is 10.0. The van der Waals surface area contributed by atoms with Crippen LogP contribution in [0.15, 0.2) is 18.2 Å². The van der Waals surface area contributed by atoms with Crippen LogP contribution in [-0.2, 0) is 4.79 Å². The minimum absolute atomic E-state index is 0.0318. The minimum Gasteiger partial charge on any atom is -0.478 e. The Morgan fingerprint density at radius 3 is 2.48 bits per heavy atom. The first kappa shape index (κ1) is 17.4. The molecule has 21 heavy (non-hydrogen) atoms. The third-order valence-electron chi connectivity index (χ3n) is 3.53. The van der Waals surface area contributed by atoms with Crippen molar-refractivity contribution in [1.29, 1.82) is 0 Å². The molecule has 0 aliphatic rings. The lowest BCUT2D eigenvalue weighted by molar-refractivity contribution is -0.131. The van der Waals surface area contributed by atoms with Gasteiger partial charge in [0, 0.05) is 24.0 Å². The molecule has 0 saturated carbocycles. The summed E-state index contributed by atoms with van der Waals surface area (Å²) in [4.78, 5) is 26.3. The van der Waals surface area contributed by atoms with Gasteiger partial charge in [0.25, 0.3) is 5.91 Å². The molecule has 1 aromatic heterocycles. The second kappa shape index (κ2) is 8.62. The van der Waals surface area contributed by atoms with Crippen LogP contribution in [0.4, 0.5) is 0 Å². The maximum Gasteiger partial charge on any atom is 0.328 e. The molecule has 0 unspecified atom stereocenters. The Morgan fingerprint density at radius 1 is 1.29 bits per heavy atom. The smallest absolute Gasteiger partial charge is 0.328 e.